The van der Waals surface area contributed by atoms with Crippen molar-refractivity contribution in [3.05, 3.63) is 71.8 Å². The van der Waals surface area contributed by atoms with Crippen molar-refractivity contribution in [2.45, 2.75) is 44.9 Å². The van der Waals surface area contributed by atoms with E-state index in [9.17, 15) is 4.79 Å². The standard InChI is InChI=1S/C22H28N2O2/c1-22(2,3)26-21(25)23-20-16-24(14-17-10-6-4-7-11-17)15-19(20)18-12-8-5-9-13-18/h4-13,19-20H,14-16H2,1-3H3,(H,23,25)/t19-,20-/m0/s1. The maximum atomic E-state index is 12.3. The van der Waals surface area contributed by atoms with Gasteiger partial charge in [0.2, 0.25) is 0 Å². The molecule has 1 heterocycles. The fourth-order valence-corrected chi connectivity index (χ4v) is 3.50. The zero-order chi connectivity index (χ0) is 18.6. The van der Waals surface area contributed by atoms with Gasteiger partial charge in [0.25, 0.3) is 0 Å². The molecule has 2 aromatic rings. The summed E-state index contributed by atoms with van der Waals surface area (Å²) < 4.78 is 5.47. The lowest BCUT2D eigenvalue weighted by atomic mass is 9.94. The van der Waals surface area contributed by atoms with Crippen LogP contribution in [0.5, 0.6) is 0 Å². The van der Waals surface area contributed by atoms with Gasteiger partial charge in [-0.15, -0.1) is 0 Å². The Labute approximate surface area is 156 Å². The van der Waals surface area contributed by atoms with Crippen molar-refractivity contribution in [2.75, 3.05) is 13.1 Å². The van der Waals surface area contributed by atoms with Crippen LogP contribution in [0.1, 0.15) is 37.8 Å². The van der Waals surface area contributed by atoms with Crippen molar-refractivity contribution in [3.63, 3.8) is 0 Å². The van der Waals surface area contributed by atoms with Gasteiger partial charge in [-0.2, -0.15) is 0 Å². The van der Waals surface area contributed by atoms with E-state index in [-0.39, 0.29) is 18.1 Å². The average molecular weight is 352 g/mol. The van der Waals surface area contributed by atoms with Gasteiger partial charge >= 0.3 is 6.09 Å². The van der Waals surface area contributed by atoms with Gasteiger partial charge in [-0.25, -0.2) is 4.79 Å². The van der Waals surface area contributed by atoms with E-state index in [1.165, 1.54) is 11.1 Å². The highest BCUT2D eigenvalue weighted by Gasteiger charge is 2.35. The summed E-state index contributed by atoms with van der Waals surface area (Å²) in [7, 11) is 0. The number of hydrogen-bond donors (Lipinski definition) is 1. The van der Waals surface area contributed by atoms with Crippen molar-refractivity contribution in [3.8, 4) is 0 Å². The minimum absolute atomic E-state index is 0.0379. The molecule has 0 unspecified atom stereocenters. The molecule has 1 amide bonds. The van der Waals surface area contributed by atoms with E-state index in [2.05, 4.69) is 58.7 Å². The van der Waals surface area contributed by atoms with E-state index in [4.69, 9.17) is 4.74 Å². The fourth-order valence-electron chi connectivity index (χ4n) is 3.50. The van der Waals surface area contributed by atoms with E-state index < -0.39 is 5.60 Å². The summed E-state index contributed by atoms with van der Waals surface area (Å²) in [6.07, 6.45) is -0.343. The highest BCUT2D eigenvalue weighted by molar-refractivity contribution is 5.68. The van der Waals surface area contributed by atoms with E-state index >= 15 is 0 Å². The molecule has 1 aliphatic heterocycles. The molecule has 0 saturated carbocycles. The van der Waals surface area contributed by atoms with E-state index in [1.807, 2.05) is 32.9 Å². The van der Waals surface area contributed by atoms with Crippen molar-refractivity contribution in [2.24, 2.45) is 0 Å². The Hall–Kier alpha value is -2.33. The summed E-state index contributed by atoms with van der Waals surface area (Å²) in [6.45, 7) is 8.27. The Morgan fingerprint density at radius 2 is 1.65 bits per heavy atom. The lowest BCUT2D eigenvalue weighted by Crippen LogP contribution is -2.42. The van der Waals surface area contributed by atoms with Crippen LogP contribution in [0.2, 0.25) is 0 Å². The fraction of sp³-hybridized carbons (Fsp3) is 0.409. The third-order valence-corrected chi connectivity index (χ3v) is 4.57. The van der Waals surface area contributed by atoms with Crippen molar-refractivity contribution >= 4 is 6.09 Å². The monoisotopic (exact) mass is 352 g/mol. The van der Waals surface area contributed by atoms with Gasteiger partial charge in [-0.1, -0.05) is 60.7 Å². The molecule has 0 spiro atoms. The number of nitrogens with one attached hydrogen (secondary N) is 1. The van der Waals surface area contributed by atoms with Crippen LogP contribution >= 0.6 is 0 Å². The first-order chi connectivity index (χ1) is 12.4. The zero-order valence-electron chi connectivity index (χ0n) is 15.8. The molecule has 0 radical (unpaired) electrons. The Morgan fingerprint density at radius 1 is 1.04 bits per heavy atom. The molecule has 1 N–H and O–H groups in total. The van der Waals surface area contributed by atoms with Crippen LogP contribution in [-0.2, 0) is 11.3 Å². The van der Waals surface area contributed by atoms with Crippen LogP contribution < -0.4 is 5.32 Å². The summed E-state index contributed by atoms with van der Waals surface area (Å²) in [5, 5.41) is 3.10. The molecule has 1 saturated heterocycles. The summed E-state index contributed by atoms with van der Waals surface area (Å²) in [4.78, 5) is 14.7. The zero-order valence-corrected chi connectivity index (χ0v) is 15.8. The normalized spacial score (nSPS) is 20.7. The topological polar surface area (TPSA) is 41.6 Å². The van der Waals surface area contributed by atoms with Gasteiger partial charge in [0.05, 0.1) is 6.04 Å². The Kier molecular flexibility index (Phi) is 5.62. The first-order valence-corrected chi connectivity index (χ1v) is 9.21. The minimum Gasteiger partial charge on any atom is -0.444 e. The van der Waals surface area contributed by atoms with Crippen LogP contribution in [0.4, 0.5) is 4.79 Å². The summed E-state index contributed by atoms with van der Waals surface area (Å²) in [5.74, 6) is 0.257. The highest BCUT2D eigenvalue weighted by Crippen LogP contribution is 2.29. The predicted octanol–water partition coefficient (Wildman–Crippen LogP) is 4.18. The number of hydrogen-bond acceptors (Lipinski definition) is 3. The van der Waals surface area contributed by atoms with E-state index in [1.54, 1.807) is 0 Å². The second-order valence-electron chi connectivity index (χ2n) is 7.95. The molecular formula is C22H28N2O2. The summed E-state index contributed by atoms with van der Waals surface area (Å²) in [6, 6.07) is 20.9. The Balaban J connectivity index is 1.72. The number of ether oxygens (including phenoxy) is 1. The minimum atomic E-state index is -0.491. The molecule has 4 nitrogen and oxygen atoms in total. The number of rotatable bonds is 4. The van der Waals surface area contributed by atoms with E-state index in [0.29, 0.717) is 0 Å². The van der Waals surface area contributed by atoms with Crippen LogP contribution in [-0.4, -0.2) is 35.7 Å². The molecule has 0 aliphatic carbocycles. The average Bonchev–Trinajstić information content (AvgIpc) is 2.97. The van der Waals surface area contributed by atoms with Crippen LogP contribution in [0.15, 0.2) is 60.7 Å². The maximum Gasteiger partial charge on any atom is 0.407 e. The number of carbonyl (C=O) groups excluding carboxylic acids is 1. The van der Waals surface area contributed by atoms with Crippen LogP contribution in [0.3, 0.4) is 0 Å². The van der Waals surface area contributed by atoms with Crippen molar-refractivity contribution in [1.82, 2.24) is 10.2 Å². The number of benzene rings is 2. The van der Waals surface area contributed by atoms with Crippen LogP contribution in [0.25, 0.3) is 0 Å². The van der Waals surface area contributed by atoms with Crippen molar-refractivity contribution < 1.29 is 9.53 Å². The largest absolute Gasteiger partial charge is 0.444 e. The smallest absolute Gasteiger partial charge is 0.407 e. The molecule has 0 bridgehead atoms. The molecule has 3 rings (SSSR count). The lowest BCUT2D eigenvalue weighted by molar-refractivity contribution is 0.0502. The number of amides is 1. The maximum absolute atomic E-state index is 12.3. The number of likely N-dealkylation sites (tertiary alicyclic amines) is 1. The molecular weight excluding hydrogens is 324 g/mol. The molecule has 1 aliphatic rings. The molecule has 1 fully saturated rings. The quantitative estimate of drug-likeness (QED) is 0.897. The summed E-state index contributed by atoms with van der Waals surface area (Å²) in [5.41, 5.74) is 2.05. The third-order valence-electron chi connectivity index (χ3n) is 4.57. The van der Waals surface area contributed by atoms with Gasteiger partial charge < -0.3 is 10.1 Å². The first-order valence-electron chi connectivity index (χ1n) is 9.21. The predicted molar refractivity (Wildman–Crippen MR) is 104 cm³/mol. The van der Waals surface area contributed by atoms with Gasteiger partial charge in [-0.3, -0.25) is 4.90 Å². The molecule has 2 atom stereocenters. The second kappa shape index (κ2) is 7.92. The number of alkyl carbamates (subject to hydrolysis) is 1. The molecule has 138 valence electrons. The second-order valence-corrected chi connectivity index (χ2v) is 7.95. The third kappa shape index (κ3) is 5.09. The van der Waals surface area contributed by atoms with Gasteiger partial charge in [0.15, 0.2) is 0 Å². The molecule has 4 heteroatoms. The Morgan fingerprint density at radius 3 is 2.27 bits per heavy atom. The highest BCUT2D eigenvalue weighted by atomic mass is 16.6. The van der Waals surface area contributed by atoms with Crippen LogP contribution in [0, 0.1) is 0 Å². The Bertz CT molecular complexity index is 710. The molecule has 0 aromatic heterocycles. The number of carbonyl (C=O) groups is 1. The van der Waals surface area contributed by atoms with Gasteiger partial charge in [-0.05, 0) is 31.9 Å². The van der Waals surface area contributed by atoms with Crippen molar-refractivity contribution in [1.29, 1.82) is 0 Å². The lowest BCUT2D eigenvalue weighted by Gasteiger charge is -2.24. The van der Waals surface area contributed by atoms with Gasteiger partial charge in [0.1, 0.15) is 5.60 Å². The van der Waals surface area contributed by atoms with Gasteiger partial charge in [0, 0.05) is 25.6 Å². The molecule has 2 aromatic carbocycles. The molecule has 26 heavy (non-hydrogen) atoms. The number of nitrogens with zero attached hydrogens (tertiary/aromatic N) is 1. The summed E-state index contributed by atoms with van der Waals surface area (Å²) >= 11 is 0. The first kappa shape index (κ1) is 18.5. The van der Waals surface area contributed by atoms with E-state index in [0.717, 1.165) is 19.6 Å². The SMILES string of the molecule is CC(C)(C)OC(=O)N[C@H]1CN(Cc2ccccc2)C[C@H]1c1ccccc1.